The van der Waals surface area contributed by atoms with Crippen LogP contribution in [0.1, 0.15) is 187 Å². The van der Waals surface area contributed by atoms with Gasteiger partial charge in [-0.2, -0.15) is 0 Å². The molecule has 0 bridgehead atoms. The lowest BCUT2D eigenvalue weighted by Gasteiger charge is -2.12. The molecule has 0 aromatic heterocycles. The van der Waals surface area contributed by atoms with Crippen molar-refractivity contribution in [3.63, 3.8) is 0 Å². The van der Waals surface area contributed by atoms with E-state index in [0.29, 0.717) is 12.8 Å². The minimum Gasteiger partial charge on any atom is -0.450 e. The lowest BCUT2D eigenvalue weighted by atomic mass is 10.0. The van der Waals surface area contributed by atoms with Gasteiger partial charge < -0.3 is 4.74 Å². The van der Waals surface area contributed by atoms with Crippen LogP contribution < -0.4 is 0 Å². The van der Waals surface area contributed by atoms with Crippen LogP contribution in [0.2, 0.25) is 0 Å². The first-order valence-corrected chi connectivity index (χ1v) is 16.0. The minimum absolute atomic E-state index is 0.319. The number of hydrogen-bond donors (Lipinski definition) is 0. The molecule has 0 rings (SSSR count). The molecular weight excluding hydrogens is 448 g/mol. The van der Waals surface area contributed by atoms with Gasteiger partial charge in [0.15, 0.2) is 0 Å². The average molecular weight is 510 g/mol. The van der Waals surface area contributed by atoms with E-state index in [1.807, 2.05) is 0 Å². The summed E-state index contributed by atoms with van der Waals surface area (Å²) in [5, 5.41) is 11.4. The first kappa shape index (κ1) is 34.9. The van der Waals surface area contributed by atoms with Gasteiger partial charge in [-0.05, 0) is 19.3 Å². The molecule has 4 heteroatoms. The Morgan fingerprint density at radius 2 is 0.778 bits per heavy atom. The lowest BCUT2D eigenvalue weighted by molar-refractivity contribution is -0.168. The molecule has 4 nitrogen and oxygen atoms in total. The first-order valence-electron chi connectivity index (χ1n) is 16.0. The average Bonchev–Trinajstić information content (AvgIpc) is 2.86. The second kappa shape index (κ2) is 28.5. The Bertz CT molecular complexity index is 477. The highest BCUT2D eigenvalue weighted by molar-refractivity contribution is 5.77. The minimum atomic E-state index is -1.25. The molecule has 213 valence electrons. The zero-order chi connectivity index (χ0) is 26.5. The second-order valence-electron chi connectivity index (χ2n) is 11.0. The first-order chi connectivity index (χ1) is 17.6. The van der Waals surface area contributed by atoms with E-state index in [2.05, 4.69) is 13.8 Å². The van der Waals surface area contributed by atoms with Crippen LogP contribution in [0.5, 0.6) is 0 Å². The Hall–Kier alpha value is -1.06. The number of esters is 1. The van der Waals surface area contributed by atoms with Gasteiger partial charge in [0.1, 0.15) is 0 Å². The number of ether oxygens (including phenoxy) is 1. The van der Waals surface area contributed by atoms with Crippen LogP contribution in [0.25, 0.3) is 0 Å². The molecule has 0 heterocycles. The van der Waals surface area contributed by atoms with Crippen LogP contribution in [0.3, 0.4) is 0 Å². The summed E-state index contributed by atoms with van der Waals surface area (Å²) in [7, 11) is 0. The van der Waals surface area contributed by atoms with E-state index in [0.717, 1.165) is 38.5 Å². The van der Waals surface area contributed by atoms with Crippen molar-refractivity contribution in [2.24, 2.45) is 0 Å². The van der Waals surface area contributed by atoms with Crippen LogP contribution in [0, 0.1) is 0 Å². The third kappa shape index (κ3) is 26.0. The Labute approximate surface area is 224 Å². The zero-order valence-electron chi connectivity index (χ0n) is 24.3. The maximum atomic E-state index is 12.1. The molecule has 0 aliphatic heterocycles. The molecule has 0 fully saturated rings. The Morgan fingerprint density at radius 3 is 1.11 bits per heavy atom. The molecule has 36 heavy (non-hydrogen) atoms. The fraction of sp³-hybridized carbons (Fsp3) is 0.938. The van der Waals surface area contributed by atoms with Crippen LogP contribution in [-0.2, 0) is 19.4 Å². The topological polar surface area (TPSA) is 63.3 Å². The van der Waals surface area contributed by atoms with Crippen molar-refractivity contribution in [1.82, 2.24) is 0 Å². The van der Waals surface area contributed by atoms with Gasteiger partial charge in [0.2, 0.25) is 6.10 Å². The van der Waals surface area contributed by atoms with Gasteiger partial charge in [-0.3, -0.25) is 4.79 Å². The van der Waals surface area contributed by atoms with Gasteiger partial charge in [0.05, 0.1) is 0 Å². The third-order valence-electron chi connectivity index (χ3n) is 7.34. The van der Waals surface area contributed by atoms with Crippen molar-refractivity contribution in [2.75, 3.05) is 0 Å². The van der Waals surface area contributed by atoms with Crippen molar-refractivity contribution in [2.45, 2.75) is 193 Å². The number of rotatable bonds is 29. The number of carbonyl (C=O) groups excluding carboxylic acids is 2. The molecule has 0 saturated carbocycles. The molecule has 0 N–H and O–H groups in total. The van der Waals surface area contributed by atoms with Gasteiger partial charge in [-0.25, -0.2) is 9.90 Å². The van der Waals surface area contributed by atoms with E-state index in [9.17, 15) is 14.7 Å². The molecular formula is C32H61O4. The van der Waals surface area contributed by atoms with Crippen molar-refractivity contribution >= 4 is 11.9 Å². The normalized spacial score (nSPS) is 12.1. The molecule has 0 aliphatic rings. The summed E-state index contributed by atoms with van der Waals surface area (Å²) < 4.78 is 5.22. The maximum absolute atomic E-state index is 12.1. The summed E-state index contributed by atoms with van der Waals surface area (Å²) in [6.45, 7) is 4.51. The van der Waals surface area contributed by atoms with E-state index in [-0.39, 0.29) is 5.97 Å². The molecule has 0 aromatic carbocycles. The van der Waals surface area contributed by atoms with Gasteiger partial charge in [-0.1, -0.05) is 162 Å². The van der Waals surface area contributed by atoms with E-state index in [1.165, 1.54) is 122 Å². The fourth-order valence-electron chi connectivity index (χ4n) is 4.90. The molecule has 0 aliphatic carbocycles. The summed E-state index contributed by atoms with van der Waals surface area (Å²) in [6.07, 6.45) is 30.8. The van der Waals surface area contributed by atoms with Crippen molar-refractivity contribution < 1.29 is 19.4 Å². The van der Waals surface area contributed by atoms with E-state index in [1.54, 1.807) is 0 Å². The molecule has 0 spiro atoms. The lowest BCUT2D eigenvalue weighted by Crippen LogP contribution is -2.26. The Morgan fingerprint density at radius 1 is 0.472 bits per heavy atom. The van der Waals surface area contributed by atoms with Crippen LogP contribution in [0.15, 0.2) is 0 Å². The number of hydrogen-bond acceptors (Lipinski definition) is 3. The Balaban J connectivity index is 3.56. The predicted octanol–water partition coefficient (Wildman–Crippen LogP) is 10.4. The van der Waals surface area contributed by atoms with Crippen molar-refractivity contribution in [1.29, 1.82) is 0 Å². The monoisotopic (exact) mass is 509 g/mol. The molecule has 1 radical (unpaired) electrons. The molecule has 0 amide bonds. The van der Waals surface area contributed by atoms with E-state index < -0.39 is 12.1 Å². The number of carbonyl (C=O) groups is 2. The standard InChI is InChI=1S/C32H61O4/c1-3-5-7-9-11-13-15-17-19-21-23-25-27-29-31(33)36-30(32(34)35)28-26-24-22-20-18-16-14-12-10-8-6-4-2/h30H,3-29H2,1-2H3. The van der Waals surface area contributed by atoms with Crippen LogP contribution in [0.4, 0.5) is 0 Å². The summed E-state index contributed by atoms with van der Waals surface area (Å²) in [5.41, 5.74) is 0. The van der Waals surface area contributed by atoms with E-state index in [4.69, 9.17) is 4.74 Å². The van der Waals surface area contributed by atoms with Gasteiger partial charge >= 0.3 is 11.9 Å². The van der Waals surface area contributed by atoms with Gasteiger partial charge in [0, 0.05) is 6.42 Å². The van der Waals surface area contributed by atoms with E-state index >= 15 is 0 Å². The van der Waals surface area contributed by atoms with Crippen LogP contribution >= 0.6 is 0 Å². The van der Waals surface area contributed by atoms with Crippen molar-refractivity contribution in [3.8, 4) is 0 Å². The smallest absolute Gasteiger partial charge is 0.395 e. The summed E-state index contributed by atoms with van der Waals surface area (Å²) >= 11 is 0. The van der Waals surface area contributed by atoms with Crippen molar-refractivity contribution in [3.05, 3.63) is 0 Å². The highest BCUT2D eigenvalue weighted by atomic mass is 16.6. The molecule has 0 aromatic rings. The van der Waals surface area contributed by atoms with Crippen LogP contribution in [-0.4, -0.2) is 18.0 Å². The molecule has 1 atom stereocenters. The third-order valence-corrected chi connectivity index (χ3v) is 7.34. The summed E-state index contributed by atoms with van der Waals surface area (Å²) in [4.78, 5) is 23.4. The molecule has 1 unspecified atom stereocenters. The highest BCUT2D eigenvalue weighted by Crippen LogP contribution is 2.16. The SMILES string of the molecule is CCCCCCCCCCCCCCCC(=O)OC(CCCCCCCCCCCCCC)C([O])=O. The largest absolute Gasteiger partial charge is 0.450 e. The summed E-state index contributed by atoms with van der Waals surface area (Å²) in [6, 6.07) is 0. The number of unbranched alkanes of at least 4 members (excludes halogenated alkanes) is 23. The zero-order valence-corrected chi connectivity index (χ0v) is 24.3. The van der Waals surface area contributed by atoms with Gasteiger partial charge in [-0.15, -0.1) is 0 Å². The second-order valence-corrected chi connectivity index (χ2v) is 11.0. The van der Waals surface area contributed by atoms with Gasteiger partial charge in [0.25, 0.3) is 0 Å². The quantitative estimate of drug-likeness (QED) is 0.0744. The predicted molar refractivity (Wildman–Crippen MR) is 152 cm³/mol. The maximum Gasteiger partial charge on any atom is 0.395 e. The molecule has 0 saturated heterocycles. The highest BCUT2D eigenvalue weighted by Gasteiger charge is 2.23. The summed E-state index contributed by atoms with van der Waals surface area (Å²) in [5.74, 6) is -1.64. The Kier molecular flexibility index (Phi) is 27.7. The fourth-order valence-corrected chi connectivity index (χ4v) is 4.90.